The van der Waals surface area contributed by atoms with Crippen molar-refractivity contribution in [3.05, 3.63) is 24.0 Å². The van der Waals surface area contributed by atoms with Crippen LogP contribution in [0, 0.1) is 5.82 Å². The molecule has 0 aliphatic heterocycles. The van der Waals surface area contributed by atoms with Crippen LogP contribution in [0.25, 0.3) is 0 Å². The Morgan fingerprint density at radius 2 is 2.00 bits per heavy atom. The summed E-state index contributed by atoms with van der Waals surface area (Å²) in [5, 5.41) is 0. The van der Waals surface area contributed by atoms with Gasteiger partial charge in [-0.3, -0.25) is 0 Å². The molecule has 2 N–H and O–H groups in total. The van der Waals surface area contributed by atoms with E-state index in [1.807, 2.05) is 0 Å². The summed E-state index contributed by atoms with van der Waals surface area (Å²) in [5.74, 6) is -0.0790. The highest BCUT2D eigenvalue weighted by Gasteiger charge is 2.39. The number of hydrogen-bond acceptors (Lipinski definition) is 3. The predicted molar refractivity (Wildman–Crippen MR) is 61.8 cm³/mol. The summed E-state index contributed by atoms with van der Waals surface area (Å²) in [7, 11) is 1.42. The van der Waals surface area contributed by atoms with E-state index in [1.54, 1.807) is 18.2 Å². The SMILES string of the molecule is COc1cccc(OCC2(N)CC2)c1F.Cl. The van der Waals surface area contributed by atoms with Crippen molar-refractivity contribution in [2.45, 2.75) is 18.4 Å². The normalized spacial score (nSPS) is 16.2. The van der Waals surface area contributed by atoms with Crippen LogP contribution in [0.15, 0.2) is 18.2 Å². The third-order valence-electron chi connectivity index (χ3n) is 2.56. The maximum Gasteiger partial charge on any atom is 0.206 e. The van der Waals surface area contributed by atoms with Gasteiger partial charge in [-0.2, -0.15) is 4.39 Å². The summed E-state index contributed by atoms with van der Waals surface area (Å²) in [6, 6.07) is 4.81. The maximum atomic E-state index is 13.6. The van der Waals surface area contributed by atoms with Gasteiger partial charge in [-0.05, 0) is 25.0 Å². The molecule has 90 valence electrons. The molecule has 0 aromatic heterocycles. The second-order valence-corrected chi connectivity index (χ2v) is 3.92. The van der Waals surface area contributed by atoms with Crippen molar-refractivity contribution >= 4 is 12.4 Å². The number of ether oxygens (including phenoxy) is 2. The van der Waals surface area contributed by atoms with Gasteiger partial charge in [0.05, 0.1) is 12.6 Å². The van der Waals surface area contributed by atoms with E-state index in [9.17, 15) is 4.39 Å². The molecule has 0 spiro atoms. The van der Waals surface area contributed by atoms with Crippen molar-refractivity contribution in [1.82, 2.24) is 0 Å². The minimum atomic E-state index is -0.468. The van der Waals surface area contributed by atoms with E-state index in [-0.39, 0.29) is 29.4 Å². The molecule has 0 heterocycles. The van der Waals surface area contributed by atoms with E-state index in [4.69, 9.17) is 15.2 Å². The zero-order chi connectivity index (χ0) is 10.9. The van der Waals surface area contributed by atoms with E-state index in [0.717, 1.165) is 12.8 Å². The molecule has 1 aromatic carbocycles. The highest BCUT2D eigenvalue weighted by molar-refractivity contribution is 5.85. The average molecular weight is 248 g/mol. The zero-order valence-electron chi connectivity index (χ0n) is 9.03. The summed E-state index contributed by atoms with van der Waals surface area (Å²) in [6.07, 6.45) is 1.89. The van der Waals surface area contributed by atoms with Gasteiger partial charge in [-0.15, -0.1) is 12.4 Å². The lowest BCUT2D eigenvalue weighted by Crippen LogP contribution is -2.29. The van der Waals surface area contributed by atoms with Crippen LogP contribution in [0.1, 0.15) is 12.8 Å². The highest BCUT2D eigenvalue weighted by atomic mass is 35.5. The van der Waals surface area contributed by atoms with Crippen LogP contribution in [0.2, 0.25) is 0 Å². The molecule has 1 aliphatic rings. The zero-order valence-corrected chi connectivity index (χ0v) is 9.85. The average Bonchev–Trinajstić information content (AvgIpc) is 2.96. The Kier molecular flexibility index (Phi) is 3.99. The largest absolute Gasteiger partial charge is 0.494 e. The molecular formula is C11H15ClFNO2. The van der Waals surface area contributed by atoms with Crippen molar-refractivity contribution in [1.29, 1.82) is 0 Å². The van der Waals surface area contributed by atoms with Crippen LogP contribution in [0.4, 0.5) is 4.39 Å². The van der Waals surface area contributed by atoms with Crippen LogP contribution in [0.3, 0.4) is 0 Å². The first-order valence-electron chi connectivity index (χ1n) is 4.89. The van der Waals surface area contributed by atoms with Crippen LogP contribution < -0.4 is 15.2 Å². The lowest BCUT2D eigenvalue weighted by atomic mass is 10.3. The van der Waals surface area contributed by atoms with Crippen molar-refractivity contribution in [3.63, 3.8) is 0 Å². The van der Waals surface area contributed by atoms with Crippen LogP contribution in [0.5, 0.6) is 11.5 Å². The molecule has 0 radical (unpaired) electrons. The number of hydrogen-bond donors (Lipinski definition) is 1. The molecular weight excluding hydrogens is 233 g/mol. The smallest absolute Gasteiger partial charge is 0.206 e. The fourth-order valence-corrected chi connectivity index (χ4v) is 1.29. The summed E-state index contributed by atoms with van der Waals surface area (Å²) >= 11 is 0. The van der Waals surface area contributed by atoms with E-state index in [0.29, 0.717) is 6.61 Å². The van der Waals surface area contributed by atoms with Gasteiger partial charge in [0.1, 0.15) is 6.61 Å². The van der Waals surface area contributed by atoms with Crippen LogP contribution in [-0.2, 0) is 0 Å². The molecule has 2 rings (SSSR count). The third-order valence-corrected chi connectivity index (χ3v) is 2.56. The fourth-order valence-electron chi connectivity index (χ4n) is 1.29. The Morgan fingerprint density at radius 1 is 1.38 bits per heavy atom. The number of benzene rings is 1. The minimum absolute atomic E-state index is 0. The maximum absolute atomic E-state index is 13.6. The summed E-state index contributed by atoms with van der Waals surface area (Å²) in [4.78, 5) is 0. The topological polar surface area (TPSA) is 44.5 Å². The van der Waals surface area contributed by atoms with Crippen LogP contribution >= 0.6 is 12.4 Å². The van der Waals surface area contributed by atoms with Crippen molar-refractivity contribution in [2.75, 3.05) is 13.7 Å². The molecule has 0 saturated heterocycles. The number of halogens is 2. The van der Waals surface area contributed by atoms with Crippen molar-refractivity contribution < 1.29 is 13.9 Å². The van der Waals surface area contributed by atoms with Gasteiger partial charge in [0.25, 0.3) is 0 Å². The first-order chi connectivity index (χ1) is 7.14. The second kappa shape index (κ2) is 4.89. The number of methoxy groups -OCH3 is 1. The molecule has 0 unspecified atom stereocenters. The van der Waals surface area contributed by atoms with Crippen molar-refractivity contribution in [3.8, 4) is 11.5 Å². The van der Waals surface area contributed by atoms with Gasteiger partial charge in [0, 0.05) is 0 Å². The monoisotopic (exact) mass is 247 g/mol. The van der Waals surface area contributed by atoms with Gasteiger partial charge in [0.15, 0.2) is 11.5 Å². The molecule has 3 nitrogen and oxygen atoms in total. The fraction of sp³-hybridized carbons (Fsp3) is 0.455. The molecule has 0 amide bonds. The lowest BCUT2D eigenvalue weighted by molar-refractivity contribution is 0.262. The number of rotatable bonds is 4. The summed E-state index contributed by atoms with van der Waals surface area (Å²) < 4.78 is 23.8. The second-order valence-electron chi connectivity index (χ2n) is 3.92. The predicted octanol–water partition coefficient (Wildman–Crippen LogP) is 2.13. The molecule has 1 aliphatic carbocycles. The van der Waals surface area contributed by atoms with Gasteiger partial charge in [-0.1, -0.05) is 6.07 Å². The summed E-state index contributed by atoms with van der Waals surface area (Å²) in [5.41, 5.74) is 5.60. The molecule has 0 atom stereocenters. The van der Waals surface area contributed by atoms with Gasteiger partial charge >= 0.3 is 0 Å². The quantitative estimate of drug-likeness (QED) is 0.887. The standard InChI is InChI=1S/C11H14FNO2.ClH/c1-14-8-3-2-4-9(10(8)12)15-7-11(13)5-6-11;/h2-4H,5-7,13H2,1H3;1H. The minimum Gasteiger partial charge on any atom is -0.494 e. The molecule has 16 heavy (non-hydrogen) atoms. The van der Waals surface area contributed by atoms with Crippen LogP contribution in [-0.4, -0.2) is 19.3 Å². The van der Waals surface area contributed by atoms with E-state index < -0.39 is 5.82 Å². The Morgan fingerprint density at radius 3 is 2.56 bits per heavy atom. The van der Waals surface area contributed by atoms with Gasteiger partial charge in [0.2, 0.25) is 5.82 Å². The first kappa shape index (κ1) is 13.1. The molecule has 1 fully saturated rings. The Balaban J connectivity index is 0.00000128. The Bertz CT molecular complexity index is 369. The Labute approximate surface area is 100 Å². The van der Waals surface area contributed by atoms with Gasteiger partial charge < -0.3 is 15.2 Å². The van der Waals surface area contributed by atoms with E-state index >= 15 is 0 Å². The molecule has 5 heteroatoms. The third kappa shape index (κ3) is 2.77. The molecule has 1 aromatic rings. The molecule has 1 saturated carbocycles. The first-order valence-corrected chi connectivity index (χ1v) is 4.89. The highest BCUT2D eigenvalue weighted by Crippen LogP contribution is 2.34. The summed E-state index contributed by atoms with van der Waals surface area (Å²) in [6.45, 7) is 0.358. The lowest BCUT2D eigenvalue weighted by Gasteiger charge is -2.12. The van der Waals surface area contributed by atoms with E-state index in [2.05, 4.69) is 0 Å². The number of nitrogens with two attached hydrogens (primary N) is 1. The van der Waals surface area contributed by atoms with Gasteiger partial charge in [-0.25, -0.2) is 0 Å². The van der Waals surface area contributed by atoms with E-state index in [1.165, 1.54) is 7.11 Å². The molecule has 0 bridgehead atoms. The van der Waals surface area contributed by atoms with Crippen molar-refractivity contribution in [2.24, 2.45) is 5.73 Å². The Hall–Kier alpha value is -1.00.